The first kappa shape index (κ1) is 13.6. The number of H-pyrrole nitrogens is 1. The molecule has 1 aromatic carbocycles. The maximum atomic E-state index is 11.8. The lowest BCUT2D eigenvalue weighted by Crippen LogP contribution is -2.26. The zero-order chi connectivity index (χ0) is 13.7. The predicted octanol–water partition coefficient (Wildman–Crippen LogP) is 0.939. The van der Waals surface area contributed by atoms with Crippen molar-refractivity contribution >= 4 is 10.0 Å². The minimum Gasteiger partial charge on any atom is -0.497 e. The minimum absolute atomic E-state index is 0.0715. The molecule has 102 valence electrons. The smallest absolute Gasteiger partial charge is 0.257 e. The Hall–Kier alpha value is -1.86. The Morgan fingerprint density at radius 2 is 2.05 bits per heavy atom. The summed E-state index contributed by atoms with van der Waals surface area (Å²) in [5.41, 5.74) is 1.04. The summed E-state index contributed by atoms with van der Waals surface area (Å²) in [6, 6.07) is 7.50. The standard InChI is InChI=1S/C12H15N3O3S/c1-18-11-4-2-10(3-5-11)6-7-15-19(16,17)12-8-13-9-14-12/h2-5,8-9,15H,6-7H2,1H3,(H,13,14). The molecule has 1 aromatic heterocycles. The predicted molar refractivity (Wildman–Crippen MR) is 70.5 cm³/mol. The Kier molecular flexibility index (Phi) is 4.18. The maximum absolute atomic E-state index is 11.8. The summed E-state index contributed by atoms with van der Waals surface area (Å²) >= 11 is 0. The van der Waals surface area contributed by atoms with Crippen molar-refractivity contribution in [3.8, 4) is 5.75 Å². The summed E-state index contributed by atoms with van der Waals surface area (Å²) in [6.07, 6.45) is 3.21. The molecular formula is C12H15N3O3S. The minimum atomic E-state index is -3.49. The highest BCUT2D eigenvalue weighted by molar-refractivity contribution is 7.89. The first-order valence-electron chi connectivity index (χ1n) is 5.73. The van der Waals surface area contributed by atoms with Gasteiger partial charge < -0.3 is 9.72 Å². The van der Waals surface area contributed by atoms with Crippen molar-refractivity contribution in [2.24, 2.45) is 0 Å². The Morgan fingerprint density at radius 3 is 2.63 bits per heavy atom. The molecule has 6 nitrogen and oxygen atoms in total. The zero-order valence-corrected chi connectivity index (χ0v) is 11.3. The van der Waals surface area contributed by atoms with Crippen molar-refractivity contribution in [2.45, 2.75) is 11.4 Å². The second-order valence-corrected chi connectivity index (χ2v) is 5.65. The van der Waals surface area contributed by atoms with E-state index in [0.717, 1.165) is 11.3 Å². The molecule has 19 heavy (non-hydrogen) atoms. The van der Waals surface area contributed by atoms with E-state index in [4.69, 9.17) is 4.74 Å². The van der Waals surface area contributed by atoms with Gasteiger partial charge in [0.05, 0.1) is 19.6 Å². The van der Waals surface area contributed by atoms with Gasteiger partial charge in [0.15, 0.2) is 5.03 Å². The van der Waals surface area contributed by atoms with Crippen molar-refractivity contribution < 1.29 is 13.2 Å². The van der Waals surface area contributed by atoms with Gasteiger partial charge in [-0.3, -0.25) is 0 Å². The van der Waals surface area contributed by atoms with Crippen molar-refractivity contribution in [1.82, 2.24) is 14.7 Å². The van der Waals surface area contributed by atoms with Gasteiger partial charge in [-0.25, -0.2) is 18.1 Å². The van der Waals surface area contributed by atoms with E-state index in [1.54, 1.807) is 7.11 Å². The molecule has 0 fully saturated rings. The van der Waals surface area contributed by atoms with Crippen molar-refractivity contribution in [3.05, 3.63) is 42.4 Å². The van der Waals surface area contributed by atoms with E-state index in [0.29, 0.717) is 13.0 Å². The van der Waals surface area contributed by atoms with Crippen LogP contribution in [-0.2, 0) is 16.4 Å². The van der Waals surface area contributed by atoms with Crippen LogP contribution in [-0.4, -0.2) is 32.0 Å². The number of sulfonamides is 1. The monoisotopic (exact) mass is 281 g/mol. The molecule has 1 heterocycles. The van der Waals surface area contributed by atoms with Crippen LogP contribution in [0.4, 0.5) is 0 Å². The molecule has 0 aliphatic rings. The number of hydrogen-bond acceptors (Lipinski definition) is 4. The highest BCUT2D eigenvalue weighted by Gasteiger charge is 2.14. The lowest BCUT2D eigenvalue weighted by molar-refractivity contribution is 0.414. The highest BCUT2D eigenvalue weighted by Crippen LogP contribution is 2.11. The molecule has 0 spiro atoms. The van der Waals surface area contributed by atoms with Gasteiger partial charge in [0.1, 0.15) is 5.75 Å². The van der Waals surface area contributed by atoms with Crippen molar-refractivity contribution in [3.63, 3.8) is 0 Å². The molecule has 0 saturated heterocycles. The fourth-order valence-electron chi connectivity index (χ4n) is 1.59. The van der Waals surface area contributed by atoms with Gasteiger partial charge in [0, 0.05) is 6.54 Å². The van der Waals surface area contributed by atoms with Crippen LogP contribution < -0.4 is 9.46 Å². The molecule has 0 bridgehead atoms. The van der Waals surface area contributed by atoms with Crippen molar-refractivity contribution in [1.29, 1.82) is 0 Å². The summed E-state index contributed by atoms with van der Waals surface area (Å²) in [7, 11) is -1.89. The summed E-state index contributed by atoms with van der Waals surface area (Å²) in [4.78, 5) is 6.25. The number of aromatic nitrogens is 2. The molecule has 0 atom stereocenters. The molecular weight excluding hydrogens is 266 g/mol. The van der Waals surface area contributed by atoms with Crippen LogP contribution in [0.5, 0.6) is 5.75 Å². The van der Waals surface area contributed by atoms with Crippen LogP contribution in [0.25, 0.3) is 0 Å². The van der Waals surface area contributed by atoms with Crippen LogP contribution in [0, 0.1) is 0 Å². The van der Waals surface area contributed by atoms with Gasteiger partial charge in [-0.05, 0) is 24.1 Å². The molecule has 0 amide bonds. The number of aromatic amines is 1. The lowest BCUT2D eigenvalue weighted by atomic mass is 10.1. The number of ether oxygens (including phenoxy) is 1. The first-order valence-corrected chi connectivity index (χ1v) is 7.21. The Bertz CT molecular complexity index is 606. The van der Waals surface area contributed by atoms with E-state index < -0.39 is 10.0 Å². The Morgan fingerprint density at radius 1 is 1.32 bits per heavy atom. The third kappa shape index (κ3) is 3.55. The number of rotatable bonds is 6. The fourth-order valence-corrected chi connectivity index (χ4v) is 2.52. The highest BCUT2D eigenvalue weighted by atomic mass is 32.2. The second kappa shape index (κ2) is 5.85. The van der Waals surface area contributed by atoms with Crippen LogP contribution in [0.15, 0.2) is 41.8 Å². The number of benzene rings is 1. The molecule has 0 aliphatic carbocycles. The number of methoxy groups -OCH3 is 1. The average Bonchev–Trinajstić information content (AvgIpc) is 2.94. The largest absolute Gasteiger partial charge is 0.497 e. The normalized spacial score (nSPS) is 11.4. The van der Waals surface area contributed by atoms with E-state index in [1.165, 1.54) is 12.5 Å². The van der Waals surface area contributed by atoms with Gasteiger partial charge in [0.2, 0.25) is 0 Å². The van der Waals surface area contributed by atoms with E-state index in [-0.39, 0.29) is 5.03 Å². The molecule has 0 radical (unpaired) electrons. The summed E-state index contributed by atoms with van der Waals surface area (Å²) < 4.78 is 31.1. The van der Waals surface area contributed by atoms with Crippen LogP contribution in [0.2, 0.25) is 0 Å². The first-order chi connectivity index (χ1) is 9.12. The number of nitrogens with one attached hydrogen (secondary N) is 2. The third-order valence-corrected chi connectivity index (χ3v) is 4.01. The Balaban J connectivity index is 1.89. The average molecular weight is 281 g/mol. The molecule has 7 heteroatoms. The van der Waals surface area contributed by atoms with E-state index in [9.17, 15) is 8.42 Å². The second-order valence-electron chi connectivity index (χ2n) is 3.91. The number of imidazole rings is 1. The maximum Gasteiger partial charge on any atom is 0.257 e. The number of hydrogen-bond donors (Lipinski definition) is 2. The van der Waals surface area contributed by atoms with Gasteiger partial charge in [0.25, 0.3) is 10.0 Å². The van der Waals surface area contributed by atoms with Crippen molar-refractivity contribution in [2.75, 3.05) is 13.7 Å². The summed E-state index contributed by atoms with van der Waals surface area (Å²) in [6.45, 7) is 0.327. The zero-order valence-electron chi connectivity index (χ0n) is 10.5. The van der Waals surface area contributed by atoms with E-state index >= 15 is 0 Å². The lowest BCUT2D eigenvalue weighted by Gasteiger charge is -2.05. The molecule has 0 unspecified atom stereocenters. The molecule has 0 aliphatic heterocycles. The molecule has 0 saturated carbocycles. The third-order valence-electron chi connectivity index (χ3n) is 2.63. The quantitative estimate of drug-likeness (QED) is 0.825. The van der Waals surface area contributed by atoms with E-state index in [1.807, 2.05) is 24.3 Å². The van der Waals surface area contributed by atoms with Crippen LogP contribution in [0.3, 0.4) is 0 Å². The van der Waals surface area contributed by atoms with Crippen LogP contribution >= 0.6 is 0 Å². The van der Waals surface area contributed by atoms with E-state index in [2.05, 4.69) is 14.7 Å². The fraction of sp³-hybridized carbons (Fsp3) is 0.250. The van der Waals surface area contributed by atoms with Crippen LogP contribution in [0.1, 0.15) is 5.56 Å². The van der Waals surface area contributed by atoms with Gasteiger partial charge in [-0.2, -0.15) is 0 Å². The summed E-state index contributed by atoms with van der Waals surface area (Å²) in [5, 5.41) is 0.0715. The topological polar surface area (TPSA) is 84.1 Å². The SMILES string of the molecule is COc1ccc(CCNS(=O)(=O)c2cnc[nH]2)cc1. The van der Waals surface area contributed by atoms with Gasteiger partial charge in [-0.1, -0.05) is 12.1 Å². The van der Waals surface area contributed by atoms with Gasteiger partial charge in [-0.15, -0.1) is 0 Å². The summed E-state index contributed by atoms with van der Waals surface area (Å²) in [5.74, 6) is 0.779. The van der Waals surface area contributed by atoms with Gasteiger partial charge >= 0.3 is 0 Å². The molecule has 2 N–H and O–H groups in total. The number of nitrogens with zero attached hydrogens (tertiary/aromatic N) is 1. The molecule has 2 aromatic rings. The molecule has 2 rings (SSSR count). The Labute approximate surface area is 111 Å².